The highest BCUT2D eigenvalue weighted by Crippen LogP contribution is 2.54. The predicted molar refractivity (Wildman–Crippen MR) is 127 cm³/mol. The first kappa shape index (κ1) is 22.7. The van der Waals surface area contributed by atoms with E-state index in [1.165, 1.54) is 17.5 Å². The molecule has 1 amide bonds. The zero-order chi connectivity index (χ0) is 23.3. The van der Waals surface area contributed by atoms with Crippen LogP contribution in [0.15, 0.2) is 6.20 Å². The van der Waals surface area contributed by atoms with Gasteiger partial charge in [0.25, 0.3) is 5.91 Å². The number of aromatic nitrogens is 2. The molecule has 1 saturated carbocycles. The number of hydrogen-bond donors (Lipinski definition) is 2. The van der Waals surface area contributed by atoms with Gasteiger partial charge in [0.05, 0.1) is 28.3 Å². The fourth-order valence-corrected chi connectivity index (χ4v) is 7.23. The van der Waals surface area contributed by atoms with Gasteiger partial charge in [-0.15, -0.1) is 11.3 Å². The van der Waals surface area contributed by atoms with Gasteiger partial charge < -0.3 is 20.2 Å². The number of halogens is 1. The average molecular weight is 474 g/mol. The Balaban J connectivity index is 1.46. The Hall–Kier alpha value is -2.10. The van der Waals surface area contributed by atoms with Crippen molar-refractivity contribution in [2.24, 2.45) is 0 Å². The van der Waals surface area contributed by atoms with Gasteiger partial charge in [-0.2, -0.15) is 0 Å². The number of aliphatic hydroxyl groups is 1. The molecular formula is C24H32FN5O2S. The van der Waals surface area contributed by atoms with Crippen molar-refractivity contribution >= 4 is 23.2 Å². The third kappa shape index (κ3) is 3.74. The molecule has 2 aliphatic heterocycles. The van der Waals surface area contributed by atoms with E-state index in [1.807, 2.05) is 18.9 Å². The number of carbonyl (C=O) groups is 1. The van der Waals surface area contributed by atoms with E-state index in [9.17, 15) is 14.3 Å². The lowest BCUT2D eigenvalue weighted by Gasteiger charge is -2.41. The maximum absolute atomic E-state index is 15.0. The number of nitrogens with one attached hydrogen (secondary N) is 1. The number of amides is 1. The van der Waals surface area contributed by atoms with Gasteiger partial charge in [-0.1, -0.05) is 6.92 Å². The van der Waals surface area contributed by atoms with Gasteiger partial charge >= 0.3 is 0 Å². The van der Waals surface area contributed by atoms with E-state index >= 15 is 0 Å². The number of carbonyl (C=O) groups excluding carboxylic acids is 1. The van der Waals surface area contributed by atoms with Crippen LogP contribution in [0.4, 0.5) is 10.3 Å². The number of fused-ring (bicyclic) bond motifs is 2. The minimum absolute atomic E-state index is 0.0168. The fraction of sp³-hybridized carbons (Fsp3) is 0.625. The van der Waals surface area contributed by atoms with Gasteiger partial charge in [0.1, 0.15) is 5.69 Å². The minimum atomic E-state index is -0.474. The summed E-state index contributed by atoms with van der Waals surface area (Å²) in [6.07, 6.45) is 5.69. The summed E-state index contributed by atoms with van der Waals surface area (Å²) >= 11 is 1.48. The molecule has 5 rings (SSSR count). The molecule has 4 heterocycles. The van der Waals surface area contributed by atoms with E-state index in [1.54, 1.807) is 0 Å². The third-order valence-corrected chi connectivity index (χ3v) is 9.33. The molecule has 2 aromatic heterocycles. The molecular weight excluding hydrogens is 441 g/mol. The first-order chi connectivity index (χ1) is 15.8. The van der Waals surface area contributed by atoms with Crippen LogP contribution >= 0.6 is 11.3 Å². The summed E-state index contributed by atoms with van der Waals surface area (Å²) in [5, 5.41) is 13.4. The molecule has 0 bridgehead atoms. The Morgan fingerprint density at radius 3 is 2.64 bits per heavy atom. The molecule has 9 heteroatoms. The van der Waals surface area contributed by atoms with Crippen molar-refractivity contribution in [1.82, 2.24) is 19.8 Å². The molecule has 1 saturated heterocycles. The Morgan fingerprint density at radius 2 is 1.97 bits per heavy atom. The summed E-state index contributed by atoms with van der Waals surface area (Å²) < 4.78 is 15.0. The highest BCUT2D eigenvalue weighted by molar-refractivity contribution is 7.16. The fourth-order valence-electron chi connectivity index (χ4n) is 5.65. The lowest BCUT2D eigenvalue weighted by Crippen LogP contribution is -2.44. The topological polar surface area (TPSA) is 81.6 Å². The summed E-state index contributed by atoms with van der Waals surface area (Å²) in [5.74, 6) is -0.0524. The van der Waals surface area contributed by atoms with Gasteiger partial charge in [0.2, 0.25) is 5.95 Å². The molecule has 1 aliphatic carbocycles. The predicted octanol–water partition coefficient (Wildman–Crippen LogP) is 3.76. The van der Waals surface area contributed by atoms with Gasteiger partial charge in [-0.25, -0.2) is 14.4 Å². The van der Waals surface area contributed by atoms with Crippen LogP contribution in [0.3, 0.4) is 0 Å². The molecule has 3 aliphatic rings. The summed E-state index contributed by atoms with van der Waals surface area (Å²) in [6.45, 7) is 7.19. The van der Waals surface area contributed by atoms with Crippen molar-refractivity contribution in [3.63, 3.8) is 0 Å². The minimum Gasteiger partial charge on any atom is -0.393 e. The number of likely N-dealkylation sites (tertiary alicyclic amines) is 1. The Bertz CT molecular complexity index is 1060. The summed E-state index contributed by atoms with van der Waals surface area (Å²) in [5.41, 5.74) is 1.33. The Morgan fingerprint density at radius 1 is 1.27 bits per heavy atom. The highest BCUT2D eigenvalue weighted by Gasteiger charge is 2.52. The van der Waals surface area contributed by atoms with Crippen LogP contribution in [0.25, 0.3) is 10.6 Å². The number of piperidine rings is 1. The van der Waals surface area contributed by atoms with Crippen LogP contribution in [0.2, 0.25) is 0 Å². The molecule has 0 unspecified atom stereocenters. The number of hydrogen-bond acceptors (Lipinski definition) is 7. The standard InChI is InChI=1S/C24H32FN5O2S/c1-4-30-11-7-15(8-12-30)27-23-26-13-17(25)19(28-23)20-14(2)18-21(33-20)24(29(3)22(18)32)9-5-16(31)6-10-24/h13,15-16,31H,4-12H2,1-3H3,(H,26,27,28). The molecule has 0 radical (unpaired) electrons. The van der Waals surface area contributed by atoms with Crippen molar-refractivity contribution in [2.75, 3.05) is 32.0 Å². The third-order valence-electron chi connectivity index (χ3n) is 7.84. The molecule has 0 aromatic carbocycles. The number of thiophene rings is 1. The monoisotopic (exact) mass is 473 g/mol. The van der Waals surface area contributed by atoms with Gasteiger partial charge in [0, 0.05) is 31.1 Å². The molecule has 1 spiro atoms. The van der Waals surface area contributed by atoms with Crippen LogP contribution < -0.4 is 5.32 Å². The van der Waals surface area contributed by atoms with E-state index < -0.39 is 11.4 Å². The average Bonchev–Trinajstić information content (AvgIpc) is 3.26. The second kappa shape index (κ2) is 8.60. The first-order valence-electron chi connectivity index (χ1n) is 12.0. The number of aliphatic hydroxyl groups excluding tert-OH is 1. The quantitative estimate of drug-likeness (QED) is 0.704. The second-order valence-electron chi connectivity index (χ2n) is 9.63. The zero-order valence-electron chi connectivity index (χ0n) is 19.5. The molecule has 178 valence electrons. The smallest absolute Gasteiger partial charge is 0.255 e. The van der Waals surface area contributed by atoms with E-state index in [2.05, 4.69) is 27.1 Å². The number of rotatable bonds is 4. The van der Waals surface area contributed by atoms with Crippen LogP contribution in [-0.2, 0) is 5.54 Å². The molecule has 0 atom stereocenters. The van der Waals surface area contributed by atoms with Crippen molar-refractivity contribution in [3.05, 3.63) is 28.0 Å². The van der Waals surface area contributed by atoms with Crippen LogP contribution in [0.5, 0.6) is 0 Å². The van der Waals surface area contributed by atoms with E-state index in [4.69, 9.17) is 0 Å². The van der Waals surface area contributed by atoms with Crippen LogP contribution in [-0.4, -0.2) is 69.6 Å². The summed E-state index contributed by atoms with van der Waals surface area (Å²) in [7, 11) is 1.85. The molecule has 7 nitrogen and oxygen atoms in total. The summed E-state index contributed by atoms with van der Waals surface area (Å²) in [6, 6.07) is 0.271. The zero-order valence-corrected chi connectivity index (χ0v) is 20.3. The van der Waals surface area contributed by atoms with Crippen molar-refractivity contribution in [3.8, 4) is 10.6 Å². The Kier molecular flexibility index (Phi) is 5.91. The largest absolute Gasteiger partial charge is 0.393 e. The maximum atomic E-state index is 15.0. The molecule has 2 aromatic rings. The van der Waals surface area contributed by atoms with E-state index in [0.717, 1.165) is 55.8 Å². The van der Waals surface area contributed by atoms with Crippen molar-refractivity contribution in [1.29, 1.82) is 0 Å². The first-order valence-corrected chi connectivity index (χ1v) is 12.8. The van der Waals surface area contributed by atoms with E-state index in [-0.39, 0.29) is 23.7 Å². The lowest BCUT2D eigenvalue weighted by atomic mass is 9.79. The maximum Gasteiger partial charge on any atom is 0.255 e. The van der Waals surface area contributed by atoms with Crippen molar-refractivity contribution < 1.29 is 14.3 Å². The SMILES string of the molecule is CCN1CCC(Nc2ncc(F)c(-c3sc4c(c3C)C(=O)N(C)C43CCC(O)CC3)n2)CC1. The van der Waals surface area contributed by atoms with E-state index in [0.29, 0.717) is 29.2 Å². The molecule has 2 N–H and O–H groups in total. The normalized spacial score (nSPS) is 26.3. The number of anilines is 1. The van der Waals surface area contributed by atoms with Crippen molar-refractivity contribution in [2.45, 2.75) is 70.1 Å². The van der Waals surface area contributed by atoms with Gasteiger partial charge in [-0.3, -0.25) is 4.79 Å². The van der Waals surface area contributed by atoms with Gasteiger partial charge in [-0.05, 0) is 57.6 Å². The molecule has 2 fully saturated rings. The number of nitrogens with zero attached hydrogens (tertiary/aromatic N) is 4. The second-order valence-corrected chi connectivity index (χ2v) is 10.7. The van der Waals surface area contributed by atoms with Crippen LogP contribution in [0.1, 0.15) is 66.2 Å². The molecule has 33 heavy (non-hydrogen) atoms. The summed E-state index contributed by atoms with van der Waals surface area (Å²) in [4.78, 5) is 27.9. The highest BCUT2D eigenvalue weighted by atomic mass is 32.1. The Labute approximate surface area is 198 Å². The van der Waals surface area contributed by atoms with Crippen LogP contribution in [0, 0.1) is 12.7 Å². The lowest BCUT2D eigenvalue weighted by molar-refractivity contribution is 0.0268. The van der Waals surface area contributed by atoms with Gasteiger partial charge in [0.15, 0.2) is 5.82 Å².